The van der Waals surface area contributed by atoms with Crippen molar-refractivity contribution < 1.29 is 58.6 Å². The highest BCUT2D eigenvalue weighted by atomic mass is 32.2. The Morgan fingerprint density at radius 3 is 2.41 bits per heavy atom. The van der Waals surface area contributed by atoms with Crippen molar-refractivity contribution in [1.82, 2.24) is 10.3 Å². The normalized spacial score (nSPS) is 16.0. The molecule has 1 aliphatic heterocycles. The standard InChI is InChI=1S/C22H24F6N4O7S2/c1-5-37-17-16(31-18(40-17)21(23,24)25)41(35,36)32-10-13(9-29-11(2)33)38-15-7-6-12(8-14(15)32)30-19(34)39-20(3,4)22(26,27)28/h6-8,13H,5,9-10H2,1-4H3,(H,29,33)(H,30,34)/t13-/m0/s1. The number of nitrogens with one attached hydrogen (secondary N) is 2. The number of anilines is 2. The van der Waals surface area contributed by atoms with E-state index in [0.29, 0.717) is 18.2 Å². The number of carbonyl (C=O) groups is 2. The Labute approximate surface area is 233 Å². The minimum atomic E-state index is -4.98. The predicted molar refractivity (Wildman–Crippen MR) is 133 cm³/mol. The van der Waals surface area contributed by atoms with Crippen LogP contribution in [0.5, 0.6) is 10.8 Å². The average Bonchev–Trinajstić information content (AvgIpc) is 3.27. The number of hydrogen-bond donors (Lipinski definition) is 2. The maximum atomic E-state index is 13.7. The van der Waals surface area contributed by atoms with Crippen LogP contribution in [0, 0.1) is 0 Å². The number of fused-ring (bicyclic) bond motifs is 1. The molecule has 2 aromatic rings. The third-order valence-electron chi connectivity index (χ3n) is 5.37. The first kappa shape index (κ1) is 32.0. The van der Waals surface area contributed by atoms with Crippen molar-refractivity contribution in [2.24, 2.45) is 0 Å². The van der Waals surface area contributed by atoms with Gasteiger partial charge in [0, 0.05) is 12.6 Å². The van der Waals surface area contributed by atoms with Crippen molar-refractivity contribution in [3.63, 3.8) is 0 Å². The van der Waals surface area contributed by atoms with Crippen LogP contribution in [0.25, 0.3) is 0 Å². The number of halogens is 6. The number of ether oxygens (including phenoxy) is 3. The van der Waals surface area contributed by atoms with E-state index in [4.69, 9.17) is 9.47 Å². The second-order valence-corrected chi connectivity index (χ2v) is 11.7. The van der Waals surface area contributed by atoms with E-state index in [1.54, 1.807) is 0 Å². The molecular weight excluding hydrogens is 610 g/mol. The Morgan fingerprint density at radius 2 is 1.85 bits per heavy atom. The molecule has 228 valence electrons. The largest absolute Gasteiger partial charge is 0.484 e. The zero-order valence-corrected chi connectivity index (χ0v) is 23.4. The highest BCUT2D eigenvalue weighted by Gasteiger charge is 2.51. The van der Waals surface area contributed by atoms with Crippen LogP contribution in [0.3, 0.4) is 0 Å². The molecule has 0 fully saturated rings. The lowest BCUT2D eigenvalue weighted by Gasteiger charge is -2.35. The number of benzene rings is 1. The molecule has 2 N–H and O–H groups in total. The number of amides is 2. The Morgan fingerprint density at radius 1 is 1.20 bits per heavy atom. The van der Waals surface area contributed by atoms with Gasteiger partial charge in [0.25, 0.3) is 10.0 Å². The fraction of sp³-hybridized carbons (Fsp3) is 0.500. The maximum Gasteiger partial charge on any atom is 0.443 e. The third-order valence-corrected chi connectivity index (χ3v) is 8.20. The van der Waals surface area contributed by atoms with Crippen molar-refractivity contribution in [3.8, 4) is 10.8 Å². The summed E-state index contributed by atoms with van der Waals surface area (Å²) < 4.78 is 123. The van der Waals surface area contributed by atoms with Crippen LogP contribution in [0.2, 0.25) is 0 Å². The zero-order valence-electron chi connectivity index (χ0n) is 21.8. The van der Waals surface area contributed by atoms with Gasteiger partial charge in [-0.1, -0.05) is 11.3 Å². The number of rotatable bonds is 8. The molecule has 1 aliphatic rings. The van der Waals surface area contributed by atoms with E-state index in [1.165, 1.54) is 26.0 Å². The lowest BCUT2D eigenvalue weighted by molar-refractivity contribution is -0.242. The van der Waals surface area contributed by atoms with Crippen molar-refractivity contribution in [2.75, 3.05) is 29.3 Å². The molecule has 0 saturated carbocycles. The first-order valence-electron chi connectivity index (χ1n) is 11.6. The third kappa shape index (κ3) is 7.24. The molecule has 0 spiro atoms. The molecule has 41 heavy (non-hydrogen) atoms. The molecular formula is C22H24F6N4O7S2. The predicted octanol–water partition coefficient (Wildman–Crippen LogP) is 4.54. The van der Waals surface area contributed by atoms with Crippen molar-refractivity contribution >= 4 is 44.7 Å². The second kappa shape index (κ2) is 11.4. The molecule has 19 heteroatoms. The van der Waals surface area contributed by atoms with E-state index in [2.05, 4.69) is 20.4 Å². The molecule has 0 saturated heterocycles. The van der Waals surface area contributed by atoms with E-state index in [9.17, 15) is 44.3 Å². The number of hydrogen-bond acceptors (Lipinski definition) is 9. The molecule has 0 unspecified atom stereocenters. The molecule has 2 heterocycles. The summed E-state index contributed by atoms with van der Waals surface area (Å²) in [6.07, 6.45) is -12.4. The van der Waals surface area contributed by atoms with Crippen molar-refractivity contribution in [3.05, 3.63) is 23.2 Å². The number of alkyl halides is 6. The molecule has 1 atom stereocenters. The maximum absolute atomic E-state index is 13.7. The van der Waals surface area contributed by atoms with Gasteiger partial charge in [0.1, 0.15) is 11.9 Å². The topological polar surface area (TPSA) is 136 Å². The molecule has 1 aromatic carbocycles. The van der Waals surface area contributed by atoms with Gasteiger partial charge in [0.05, 0.1) is 25.4 Å². The van der Waals surface area contributed by atoms with Crippen LogP contribution in [0.1, 0.15) is 32.7 Å². The Balaban J connectivity index is 2.05. The van der Waals surface area contributed by atoms with Gasteiger partial charge in [0.2, 0.25) is 26.6 Å². The first-order valence-corrected chi connectivity index (χ1v) is 13.9. The summed E-state index contributed by atoms with van der Waals surface area (Å²) in [5.41, 5.74) is -3.38. The zero-order chi connectivity index (χ0) is 31.0. The van der Waals surface area contributed by atoms with Gasteiger partial charge in [-0.2, -0.15) is 34.8 Å². The van der Waals surface area contributed by atoms with Crippen LogP contribution in [0.15, 0.2) is 23.2 Å². The van der Waals surface area contributed by atoms with E-state index >= 15 is 0 Å². The van der Waals surface area contributed by atoms with E-state index in [0.717, 1.165) is 6.07 Å². The van der Waals surface area contributed by atoms with Gasteiger partial charge >= 0.3 is 18.4 Å². The number of thiazole rings is 1. The van der Waals surface area contributed by atoms with Crippen LogP contribution in [-0.4, -0.2) is 63.0 Å². The Kier molecular flexibility index (Phi) is 8.92. The summed E-state index contributed by atoms with van der Waals surface area (Å²) in [4.78, 5) is 26.9. The summed E-state index contributed by atoms with van der Waals surface area (Å²) in [7, 11) is -4.91. The fourth-order valence-electron chi connectivity index (χ4n) is 3.32. The molecule has 3 rings (SSSR count). The number of sulfonamides is 1. The summed E-state index contributed by atoms with van der Waals surface area (Å²) in [5, 5.41) is 1.36. The van der Waals surface area contributed by atoms with Crippen LogP contribution >= 0.6 is 11.3 Å². The summed E-state index contributed by atoms with van der Waals surface area (Å²) in [6.45, 7) is 2.96. The van der Waals surface area contributed by atoms with E-state index in [1.807, 2.05) is 0 Å². The van der Waals surface area contributed by atoms with Crippen LogP contribution in [-0.2, 0) is 25.7 Å². The van der Waals surface area contributed by atoms with Crippen LogP contribution in [0.4, 0.5) is 42.5 Å². The summed E-state index contributed by atoms with van der Waals surface area (Å²) in [6, 6.07) is 3.36. The highest BCUT2D eigenvalue weighted by Crippen LogP contribution is 2.44. The lowest BCUT2D eigenvalue weighted by Crippen LogP contribution is -2.48. The van der Waals surface area contributed by atoms with Gasteiger partial charge in [0.15, 0.2) is 0 Å². The quantitative estimate of drug-likeness (QED) is 0.404. The monoisotopic (exact) mass is 634 g/mol. The van der Waals surface area contributed by atoms with E-state index in [-0.39, 0.29) is 41.6 Å². The molecule has 1 aromatic heterocycles. The second-order valence-electron chi connectivity index (χ2n) is 8.96. The van der Waals surface area contributed by atoms with Gasteiger partial charge < -0.3 is 19.5 Å². The average molecular weight is 635 g/mol. The lowest BCUT2D eigenvalue weighted by atomic mass is 10.1. The molecule has 0 radical (unpaired) electrons. The van der Waals surface area contributed by atoms with Crippen molar-refractivity contribution in [1.29, 1.82) is 0 Å². The first-order chi connectivity index (χ1) is 18.8. The number of aromatic nitrogens is 1. The van der Waals surface area contributed by atoms with Gasteiger partial charge in [-0.3, -0.25) is 14.4 Å². The summed E-state index contributed by atoms with van der Waals surface area (Å²) in [5.74, 6) is -0.601. The molecule has 0 bridgehead atoms. The fourth-order valence-corrected chi connectivity index (χ4v) is 6.00. The van der Waals surface area contributed by atoms with Gasteiger partial charge in [-0.25, -0.2) is 9.78 Å². The van der Waals surface area contributed by atoms with Gasteiger partial charge in [-0.15, -0.1) is 0 Å². The smallest absolute Gasteiger partial charge is 0.443 e. The Hall–Kier alpha value is -3.48. The minimum Gasteiger partial charge on any atom is -0.484 e. The Bertz CT molecular complexity index is 1410. The number of carbonyl (C=O) groups excluding carboxylic acids is 2. The molecule has 2 amide bonds. The molecule has 0 aliphatic carbocycles. The van der Waals surface area contributed by atoms with Gasteiger partial charge in [-0.05, 0) is 39.0 Å². The van der Waals surface area contributed by atoms with E-state index < -0.39 is 67.7 Å². The van der Waals surface area contributed by atoms with Crippen LogP contribution < -0.4 is 24.4 Å². The SMILES string of the molecule is CCOc1sc(C(F)(F)F)nc1S(=O)(=O)N1C[C@H](CNC(C)=O)Oc2ccc(NC(=O)OC(C)(C)C(F)(F)F)cc21. The summed E-state index contributed by atoms with van der Waals surface area (Å²) >= 11 is -0.0209. The highest BCUT2D eigenvalue weighted by molar-refractivity contribution is 7.93. The minimum absolute atomic E-state index is 0.0209. The van der Waals surface area contributed by atoms with Crippen molar-refractivity contribution in [2.45, 2.75) is 56.8 Å². The molecule has 11 nitrogen and oxygen atoms in total. The number of nitrogens with zero attached hydrogens (tertiary/aromatic N) is 2.